The molecule has 0 saturated carbocycles. The monoisotopic (exact) mass is 417 g/mol. The first-order valence-electron chi connectivity index (χ1n) is 9.26. The van der Waals surface area contributed by atoms with Gasteiger partial charge in [-0.25, -0.2) is 0 Å². The van der Waals surface area contributed by atoms with Crippen molar-refractivity contribution in [3.8, 4) is 11.8 Å². The lowest BCUT2D eigenvalue weighted by Gasteiger charge is -2.22. The van der Waals surface area contributed by atoms with Crippen LogP contribution < -0.4 is 15.0 Å². The molecule has 29 heavy (non-hydrogen) atoms. The van der Waals surface area contributed by atoms with Gasteiger partial charge < -0.3 is 15.0 Å². The lowest BCUT2D eigenvalue weighted by molar-refractivity contribution is -0.121. The molecule has 0 spiro atoms. The number of halogens is 2. The Kier molecular flexibility index (Phi) is 7.30. The molecule has 3 rings (SSSR count). The Morgan fingerprint density at radius 1 is 1.28 bits per heavy atom. The van der Waals surface area contributed by atoms with Gasteiger partial charge in [-0.2, -0.15) is 14.0 Å². The summed E-state index contributed by atoms with van der Waals surface area (Å²) in [6.07, 6.45) is 1.13. The molecule has 5 nitrogen and oxygen atoms in total. The zero-order valence-corrected chi connectivity index (χ0v) is 16.5. The van der Waals surface area contributed by atoms with Crippen molar-refractivity contribution in [3.63, 3.8) is 0 Å². The Morgan fingerprint density at radius 2 is 2.03 bits per heavy atom. The van der Waals surface area contributed by atoms with Crippen LogP contribution in [0.1, 0.15) is 18.4 Å². The summed E-state index contributed by atoms with van der Waals surface area (Å²) in [5.74, 6) is 0.752. The Labute approximate surface area is 172 Å². The normalized spacial score (nSPS) is 15.9. The first-order valence-corrected chi connectivity index (χ1v) is 10.2. The number of hydrogen-bond acceptors (Lipinski definition) is 5. The lowest BCUT2D eigenvalue weighted by atomic mass is 10.2. The Bertz CT molecular complexity index is 871. The van der Waals surface area contributed by atoms with Gasteiger partial charge in [0.15, 0.2) is 0 Å². The highest BCUT2D eigenvalue weighted by atomic mass is 32.2. The van der Waals surface area contributed by atoms with Crippen LogP contribution in [0.4, 0.5) is 14.5 Å². The van der Waals surface area contributed by atoms with Gasteiger partial charge >= 0.3 is 6.61 Å². The van der Waals surface area contributed by atoms with Crippen LogP contribution in [0.3, 0.4) is 0 Å². The number of nitriles is 1. The molecule has 152 valence electrons. The maximum atomic E-state index is 12.6. The first kappa shape index (κ1) is 20.9. The third-order valence-corrected chi connectivity index (χ3v) is 5.57. The van der Waals surface area contributed by atoms with E-state index < -0.39 is 6.61 Å². The minimum atomic E-state index is -2.87. The van der Waals surface area contributed by atoms with E-state index in [0.717, 1.165) is 11.3 Å². The fourth-order valence-corrected chi connectivity index (χ4v) is 4.05. The topological polar surface area (TPSA) is 65.4 Å². The van der Waals surface area contributed by atoms with E-state index in [4.69, 9.17) is 5.26 Å². The number of thioether (sulfide) groups is 1. The molecule has 1 aliphatic heterocycles. The van der Waals surface area contributed by atoms with Crippen molar-refractivity contribution < 1.29 is 18.3 Å². The van der Waals surface area contributed by atoms with E-state index in [2.05, 4.69) is 16.1 Å². The Hall–Kier alpha value is -2.79. The summed E-state index contributed by atoms with van der Waals surface area (Å²) < 4.78 is 29.8. The molecule has 1 aliphatic rings. The van der Waals surface area contributed by atoms with Gasteiger partial charge in [-0.3, -0.25) is 4.79 Å². The number of nitrogens with one attached hydrogen (secondary N) is 1. The highest BCUT2D eigenvalue weighted by Gasteiger charge is 2.26. The molecule has 0 bridgehead atoms. The Morgan fingerprint density at radius 3 is 2.76 bits per heavy atom. The van der Waals surface area contributed by atoms with Crippen molar-refractivity contribution in [2.24, 2.45) is 0 Å². The van der Waals surface area contributed by atoms with Gasteiger partial charge in [0, 0.05) is 36.2 Å². The van der Waals surface area contributed by atoms with Crippen LogP contribution in [0.2, 0.25) is 0 Å². The second-order valence-corrected chi connectivity index (χ2v) is 7.75. The minimum absolute atomic E-state index is 0.0259. The van der Waals surface area contributed by atoms with Crippen molar-refractivity contribution in [1.29, 1.82) is 5.26 Å². The fraction of sp³-hybridized carbons (Fsp3) is 0.333. The van der Waals surface area contributed by atoms with Gasteiger partial charge in [-0.1, -0.05) is 12.1 Å². The summed E-state index contributed by atoms with van der Waals surface area (Å²) in [6, 6.07) is 16.0. The molecule has 1 amide bonds. The summed E-state index contributed by atoms with van der Waals surface area (Å²) in [5.41, 5.74) is 1.22. The number of nitrogens with zero attached hydrogens (tertiary/aromatic N) is 2. The van der Waals surface area contributed by atoms with Crippen LogP contribution in [-0.4, -0.2) is 37.4 Å². The summed E-state index contributed by atoms with van der Waals surface area (Å²) in [4.78, 5) is 15.2. The third kappa shape index (κ3) is 6.09. The number of hydrogen-bond donors (Lipinski definition) is 1. The Balaban J connectivity index is 1.45. The molecule has 8 heteroatoms. The van der Waals surface area contributed by atoms with E-state index in [1.54, 1.807) is 42.1 Å². The number of benzene rings is 2. The number of anilines is 1. The number of carbonyl (C=O) groups excluding carboxylic acids is 1. The van der Waals surface area contributed by atoms with E-state index in [1.807, 2.05) is 17.0 Å². The SMILES string of the molecule is N#Cc1ccc(SCCC(=O)NC2CCN(c3ccccc3OC(F)F)C2)cc1. The van der Waals surface area contributed by atoms with Gasteiger partial charge in [0.25, 0.3) is 0 Å². The molecule has 1 atom stereocenters. The molecular formula is C21H21F2N3O2S. The molecule has 1 N–H and O–H groups in total. The lowest BCUT2D eigenvalue weighted by Crippen LogP contribution is -2.37. The molecule has 1 unspecified atom stereocenters. The van der Waals surface area contributed by atoms with Crippen LogP contribution in [-0.2, 0) is 4.79 Å². The van der Waals surface area contributed by atoms with E-state index in [9.17, 15) is 13.6 Å². The van der Waals surface area contributed by atoms with Crippen LogP contribution in [0.5, 0.6) is 5.75 Å². The number of para-hydroxylation sites is 2. The maximum Gasteiger partial charge on any atom is 0.387 e. The predicted octanol–water partition coefficient (Wildman–Crippen LogP) is 4.04. The molecule has 2 aromatic rings. The maximum absolute atomic E-state index is 12.6. The molecular weight excluding hydrogens is 396 g/mol. The first-order chi connectivity index (χ1) is 14.0. The molecule has 0 aliphatic carbocycles. The molecule has 0 aromatic heterocycles. The second kappa shape index (κ2) is 10.1. The fourth-order valence-electron chi connectivity index (χ4n) is 3.20. The highest BCUT2D eigenvalue weighted by molar-refractivity contribution is 7.99. The van der Waals surface area contributed by atoms with Crippen molar-refractivity contribution in [3.05, 3.63) is 54.1 Å². The molecule has 2 aromatic carbocycles. The summed E-state index contributed by atoms with van der Waals surface area (Å²) in [6.45, 7) is -1.66. The standard InChI is InChI=1S/C21H21F2N3O2S/c22-21(23)28-19-4-2-1-3-18(19)26-11-9-16(14-26)25-20(27)10-12-29-17-7-5-15(13-24)6-8-17/h1-8,16,21H,9-12,14H2,(H,25,27). The number of alkyl halides is 2. The number of amides is 1. The van der Waals surface area contributed by atoms with Gasteiger partial charge in [0.1, 0.15) is 5.75 Å². The van der Waals surface area contributed by atoms with Crippen molar-refractivity contribution in [2.75, 3.05) is 23.7 Å². The molecule has 1 heterocycles. The quantitative estimate of drug-likeness (QED) is 0.657. The van der Waals surface area contributed by atoms with Crippen LogP contribution in [0.15, 0.2) is 53.4 Å². The largest absolute Gasteiger partial charge is 0.433 e. The summed E-state index contributed by atoms with van der Waals surface area (Å²) in [7, 11) is 0. The highest BCUT2D eigenvalue weighted by Crippen LogP contribution is 2.31. The summed E-state index contributed by atoms with van der Waals surface area (Å²) in [5, 5.41) is 11.8. The number of carbonyl (C=O) groups is 1. The van der Waals surface area contributed by atoms with Crippen molar-refractivity contribution in [2.45, 2.75) is 30.4 Å². The summed E-state index contributed by atoms with van der Waals surface area (Å²) >= 11 is 1.56. The van der Waals surface area contributed by atoms with E-state index >= 15 is 0 Å². The van der Waals surface area contributed by atoms with Crippen LogP contribution in [0, 0.1) is 11.3 Å². The molecule has 1 fully saturated rings. The van der Waals surface area contributed by atoms with E-state index in [0.29, 0.717) is 36.5 Å². The average molecular weight is 417 g/mol. The molecule has 1 saturated heterocycles. The van der Waals surface area contributed by atoms with Crippen molar-refractivity contribution in [1.82, 2.24) is 5.32 Å². The second-order valence-electron chi connectivity index (χ2n) is 6.58. The van der Waals surface area contributed by atoms with E-state index in [-0.39, 0.29) is 17.7 Å². The zero-order valence-electron chi connectivity index (χ0n) is 15.7. The van der Waals surface area contributed by atoms with Gasteiger partial charge in [0.2, 0.25) is 5.91 Å². The average Bonchev–Trinajstić information content (AvgIpc) is 3.16. The number of ether oxygens (including phenoxy) is 1. The van der Waals surface area contributed by atoms with Gasteiger partial charge in [0.05, 0.1) is 17.3 Å². The van der Waals surface area contributed by atoms with Crippen LogP contribution >= 0.6 is 11.8 Å². The van der Waals surface area contributed by atoms with Crippen LogP contribution in [0.25, 0.3) is 0 Å². The number of rotatable bonds is 8. The van der Waals surface area contributed by atoms with E-state index in [1.165, 1.54) is 6.07 Å². The van der Waals surface area contributed by atoms with Crippen molar-refractivity contribution >= 4 is 23.4 Å². The third-order valence-electron chi connectivity index (χ3n) is 4.56. The smallest absolute Gasteiger partial charge is 0.387 e. The predicted molar refractivity (Wildman–Crippen MR) is 108 cm³/mol. The van der Waals surface area contributed by atoms with Gasteiger partial charge in [-0.05, 0) is 42.8 Å². The molecule has 0 radical (unpaired) electrons. The van der Waals surface area contributed by atoms with Gasteiger partial charge in [-0.15, -0.1) is 11.8 Å². The zero-order chi connectivity index (χ0) is 20.6. The minimum Gasteiger partial charge on any atom is -0.433 e.